The van der Waals surface area contributed by atoms with Crippen molar-refractivity contribution >= 4 is 0 Å². The lowest BCUT2D eigenvalue weighted by molar-refractivity contribution is -0.0780. The molecule has 1 fully saturated rings. The van der Waals surface area contributed by atoms with Crippen LogP contribution in [0.25, 0.3) is 0 Å². The number of fused-ring (bicyclic) bond motifs is 3. The maximum Gasteiger partial charge on any atom is 0.0983 e. The number of nitrogens with zero attached hydrogens (tertiary/aromatic N) is 1. The van der Waals surface area contributed by atoms with Gasteiger partial charge in [-0.2, -0.15) is 0 Å². The van der Waals surface area contributed by atoms with Crippen molar-refractivity contribution < 1.29 is 9.84 Å². The van der Waals surface area contributed by atoms with Gasteiger partial charge in [0.1, 0.15) is 0 Å². The number of aliphatic hydroxyl groups is 1. The second kappa shape index (κ2) is 5.39. The van der Waals surface area contributed by atoms with Crippen molar-refractivity contribution in [3.63, 3.8) is 0 Å². The molecule has 0 bridgehead atoms. The van der Waals surface area contributed by atoms with E-state index in [-0.39, 0.29) is 12.7 Å². The number of ether oxygens (including phenoxy) is 1. The largest absolute Gasteiger partial charge is 0.395 e. The van der Waals surface area contributed by atoms with Crippen LogP contribution in [0, 0.1) is 0 Å². The van der Waals surface area contributed by atoms with Gasteiger partial charge in [-0.3, -0.25) is 4.90 Å². The van der Waals surface area contributed by atoms with Crippen molar-refractivity contribution in [1.29, 1.82) is 0 Å². The summed E-state index contributed by atoms with van der Waals surface area (Å²) in [6, 6.07) is 9.10. The van der Waals surface area contributed by atoms with E-state index in [0.717, 1.165) is 26.1 Å². The number of hydrogen-bond acceptors (Lipinski definition) is 3. The summed E-state index contributed by atoms with van der Waals surface area (Å²) in [5.41, 5.74) is 2.80. The minimum atomic E-state index is 0.198. The van der Waals surface area contributed by atoms with E-state index >= 15 is 0 Å². The van der Waals surface area contributed by atoms with Gasteiger partial charge in [0.25, 0.3) is 0 Å². The number of rotatable bonds is 2. The zero-order chi connectivity index (χ0) is 12.4. The van der Waals surface area contributed by atoms with Gasteiger partial charge < -0.3 is 9.84 Å². The molecule has 3 heteroatoms. The van der Waals surface area contributed by atoms with Gasteiger partial charge in [-0.15, -0.1) is 0 Å². The van der Waals surface area contributed by atoms with Gasteiger partial charge in [-0.25, -0.2) is 0 Å². The number of aliphatic hydroxyl groups excluding tert-OH is 1. The van der Waals surface area contributed by atoms with Gasteiger partial charge in [-0.1, -0.05) is 24.3 Å². The molecule has 0 saturated carbocycles. The van der Waals surface area contributed by atoms with E-state index in [0.29, 0.717) is 6.04 Å². The molecule has 0 aromatic heterocycles. The molecule has 0 amide bonds. The topological polar surface area (TPSA) is 32.7 Å². The fraction of sp³-hybridized carbons (Fsp3) is 0.600. The average molecular weight is 247 g/mol. The van der Waals surface area contributed by atoms with Crippen LogP contribution in [-0.2, 0) is 11.2 Å². The molecular formula is C15H21NO2. The van der Waals surface area contributed by atoms with Gasteiger partial charge in [0.15, 0.2) is 0 Å². The van der Waals surface area contributed by atoms with Crippen LogP contribution in [0.2, 0.25) is 0 Å². The first-order chi connectivity index (χ1) is 8.90. The summed E-state index contributed by atoms with van der Waals surface area (Å²) < 4.78 is 6.04. The van der Waals surface area contributed by atoms with E-state index < -0.39 is 0 Å². The lowest BCUT2D eigenvalue weighted by Gasteiger charge is -2.40. The molecule has 2 aliphatic rings. The van der Waals surface area contributed by atoms with Crippen LogP contribution in [0.1, 0.15) is 30.1 Å². The molecule has 1 aromatic rings. The van der Waals surface area contributed by atoms with Crippen LogP contribution < -0.4 is 0 Å². The molecule has 2 atom stereocenters. The second-order valence-electron chi connectivity index (χ2n) is 5.21. The fourth-order valence-corrected chi connectivity index (χ4v) is 3.34. The second-order valence-corrected chi connectivity index (χ2v) is 5.21. The summed E-state index contributed by atoms with van der Waals surface area (Å²) >= 11 is 0. The first kappa shape index (κ1) is 12.2. The number of benzene rings is 1. The summed E-state index contributed by atoms with van der Waals surface area (Å²) in [6.45, 7) is 2.73. The van der Waals surface area contributed by atoms with Crippen molar-refractivity contribution in [1.82, 2.24) is 4.90 Å². The molecule has 98 valence electrons. The molecule has 18 heavy (non-hydrogen) atoms. The molecule has 0 spiro atoms. The van der Waals surface area contributed by atoms with E-state index in [4.69, 9.17) is 4.74 Å². The Kier molecular flexibility index (Phi) is 3.64. The number of β-amino-alcohol motifs (C(OH)–C–C–N with tert-alkyl or cyclic N) is 1. The minimum absolute atomic E-state index is 0.198. The molecule has 3 nitrogen and oxygen atoms in total. The lowest BCUT2D eigenvalue weighted by atomic mass is 9.96. The molecule has 3 rings (SSSR count). The number of hydrogen-bond donors (Lipinski definition) is 1. The van der Waals surface area contributed by atoms with Crippen LogP contribution in [0.3, 0.4) is 0 Å². The van der Waals surface area contributed by atoms with Crippen molar-refractivity contribution in [2.75, 3.05) is 26.3 Å². The first-order valence-corrected chi connectivity index (χ1v) is 6.94. The number of morpholine rings is 1. The van der Waals surface area contributed by atoms with Gasteiger partial charge in [0.2, 0.25) is 0 Å². The van der Waals surface area contributed by atoms with E-state index in [1.807, 2.05) is 0 Å². The summed E-state index contributed by atoms with van der Waals surface area (Å²) in [6.07, 6.45) is 3.73. The Morgan fingerprint density at radius 3 is 3.11 bits per heavy atom. The molecule has 1 saturated heterocycles. The number of aryl methyl sites for hydroxylation is 1. The maximum atomic E-state index is 9.19. The highest BCUT2D eigenvalue weighted by Crippen LogP contribution is 2.36. The highest BCUT2D eigenvalue weighted by atomic mass is 16.5. The highest BCUT2D eigenvalue weighted by Gasteiger charge is 2.35. The molecule has 2 unspecified atom stereocenters. The van der Waals surface area contributed by atoms with Crippen LogP contribution in [0.5, 0.6) is 0 Å². The van der Waals surface area contributed by atoms with E-state index in [9.17, 15) is 5.11 Å². The van der Waals surface area contributed by atoms with Gasteiger partial charge in [0.05, 0.1) is 19.3 Å². The van der Waals surface area contributed by atoms with E-state index in [2.05, 4.69) is 29.2 Å². The Morgan fingerprint density at radius 1 is 1.33 bits per heavy atom. The van der Waals surface area contributed by atoms with Crippen LogP contribution in [0.4, 0.5) is 0 Å². The van der Waals surface area contributed by atoms with E-state index in [1.54, 1.807) is 0 Å². The maximum absolute atomic E-state index is 9.19. The van der Waals surface area contributed by atoms with Crippen LogP contribution in [-0.4, -0.2) is 42.4 Å². The molecular weight excluding hydrogens is 226 g/mol. The summed E-state index contributed by atoms with van der Waals surface area (Å²) in [5.74, 6) is 0. The Hall–Kier alpha value is -0.900. The molecule has 1 heterocycles. The summed E-state index contributed by atoms with van der Waals surface area (Å²) in [5, 5.41) is 9.19. The predicted molar refractivity (Wildman–Crippen MR) is 70.5 cm³/mol. The predicted octanol–water partition coefficient (Wildman–Crippen LogP) is 1.76. The standard InChI is InChI=1S/C15H21NO2/c17-10-8-16-9-11-18-15-13-6-2-1-4-12(13)5-3-7-14(15)16/h1-2,4,6,14-15,17H,3,5,7-11H2. The van der Waals surface area contributed by atoms with Crippen molar-refractivity contribution in [3.8, 4) is 0 Å². The van der Waals surface area contributed by atoms with Crippen molar-refractivity contribution in [3.05, 3.63) is 35.4 Å². The lowest BCUT2D eigenvalue weighted by Crippen LogP contribution is -2.47. The van der Waals surface area contributed by atoms with Gasteiger partial charge >= 0.3 is 0 Å². The summed E-state index contributed by atoms with van der Waals surface area (Å²) in [4.78, 5) is 2.40. The zero-order valence-electron chi connectivity index (χ0n) is 10.7. The smallest absolute Gasteiger partial charge is 0.0983 e. The zero-order valence-corrected chi connectivity index (χ0v) is 10.7. The third kappa shape index (κ3) is 2.18. The fourth-order valence-electron chi connectivity index (χ4n) is 3.34. The Morgan fingerprint density at radius 2 is 2.22 bits per heavy atom. The van der Waals surface area contributed by atoms with Crippen LogP contribution >= 0.6 is 0 Å². The molecule has 1 aliphatic heterocycles. The third-order valence-electron chi connectivity index (χ3n) is 4.19. The third-order valence-corrected chi connectivity index (χ3v) is 4.19. The monoisotopic (exact) mass is 247 g/mol. The Bertz CT molecular complexity index is 405. The average Bonchev–Trinajstić information content (AvgIpc) is 2.59. The van der Waals surface area contributed by atoms with Crippen molar-refractivity contribution in [2.45, 2.75) is 31.4 Å². The Labute approximate surface area is 108 Å². The van der Waals surface area contributed by atoms with Crippen molar-refractivity contribution in [2.24, 2.45) is 0 Å². The van der Waals surface area contributed by atoms with Crippen LogP contribution in [0.15, 0.2) is 24.3 Å². The molecule has 1 N–H and O–H groups in total. The highest BCUT2D eigenvalue weighted by molar-refractivity contribution is 5.32. The van der Waals surface area contributed by atoms with E-state index in [1.165, 1.54) is 24.0 Å². The normalized spacial score (nSPS) is 28.3. The SMILES string of the molecule is OCCN1CCOC2c3ccccc3CCCC21. The molecule has 0 radical (unpaired) electrons. The Balaban J connectivity index is 1.91. The molecule has 1 aromatic carbocycles. The van der Waals surface area contributed by atoms with Gasteiger partial charge in [-0.05, 0) is 30.4 Å². The first-order valence-electron chi connectivity index (χ1n) is 6.94. The van der Waals surface area contributed by atoms with Gasteiger partial charge in [0, 0.05) is 19.1 Å². The molecule has 1 aliphatic carbocycles. The minimum Gasteiger partial charge on any atom is -0.395 e. The quantitative estimate of drug-likeness (QED) is 0.864. The summed E-state index contributed by atoms with van der Waals surface area (Å²) in [7, 11) is 0.